The van der Waals surface area contributed by atoms with Crippen molar-refractivity contribution in [2.45, 2.75) is 43.7 Å². The fourth-order valence-corrected chi connectivity index (χ4v) is 3.87. The zero-order valence-electron chi connectivity index (χ0n) is 18.1. The van der Waals surface area contributed by atoms with E-state index < -0.39 is 40.6 Å². The molecule has 178 valence electrons. The SMILES string of the molecule is N#CC1(NC(=O)C2Cc3ccc(c(Cl)c3)OCCCCOc3ccc(F)c(F)c3C(=O)N2)CC1. The van der Waals surface area contributed by atoms with Crippen molar-refractivity contribution in [1.29, 1.82) is 5.26 Å². The van der Waals surface area contributed by atoms with Crippen molar-refractivity contribution in [1.82, 2.24) is 10.6 Å². The van der Waals surface area contributed by atoms with E-state index in [-0.39, 0.29) is 18.8 Å². The Morgan fingerprint density at radius 2 is 1.82 bits per heavy atom. The summed E-state index contributed by atoms with van der Waals surface area (Å²) in [7, 11) is 0. The van der Waals surface area contributed by atoms with Crippen molar-refractivity contribution in [3.63, 3.8) is 0 Å². The van der Waals surface area contributed by atoms with Crippen LogP contribution in [-0.2, 0) is 11.2 Å². The number of hydrogen-bond acceptors (Lipinski definition) is 5. The van der Waals surface area contributed by atoms with Crippen LogP contribution in [0.15, 0.2) is 30.3 Å². The van der Waals surface area contributed by atoms with E-state index in [0.29, 0.717) is 48.6 Å². The molecule has 0 saturated heterocycles. The molecule has 2 heterocycles. The predicted octanol–water partition coefficient (Wildman–Crippen LogP) is 3.68. The molecule has 1 atom stereocenters. The normalized spacial score (nSPS) is 19.6. The van der Waals surface area contributed by atoms with E-state index in [9.17, 15) is 23.6 Å². The van der Waals surface area contributed by atoms with Gasteiger partial charge in [-0.05, 0) is 55.5 Å². The molecule has 2 bridgehead atoms. The quantitative estimate of drug-likeness (QED) is 0.670. The van der Waals surface area contributed by atoms with Crippen molar-refractivity contribution in [3.05, 3.63) is 58.1 Å². The number of carbonyl (C=O) groups excluding carboxylic acids is 2. The van der Waals surface area contributed by atoms with Gasteiger partial charge in [0.15, 0.2) is 11.6 Å². The van der Waals surface area contributed by atoms with Gasteiger partial charge in [0.2, 0.25) is 5.91 Å². The first-order valence-corrected chi connectivity index (χ1v) is 11.3. The molecule has 2 amide bonds. The number of carbonyl (C=O) groups is 2. The van der Waals surface area contributed by atoms with Crippen LogP contribution in [0.5, 0.6) is 11.5 Å². The van der Waals surface area contributed by atoms with Crippen molar-refractivity contribution < 1.29 is 27.8 Å². The highest BCUT2D eigenvalue weighted by atomic mass is 35.5. The number of amides is 2. The zero-order chi connectivity index (χ0) is 24.3. The predicted molar refractivity (Wildman–Crippen MR) is 119 cm³/mol. The lowest BCUT2D eigenvalue weighted by molar-refractivity contribution is -0.123. The lowest BCUT2D eigenvalue weighted by Crippen LogP contribution is -2.51. The van der Waals surface area contributed by atoms with Crippen LogP contribution in [-0.4, -0.2) is 36.6 Å². The van der Waals surface area contributed by atoms with E-state index in [4.69, 9.17) is 21.1 Å². The maximum Gasteiger partial charge on any atom is 0.258 e. The van der Waals surface area contributed by atoms with Gasteiger partial charge in [0.05, 0.1) is 24.3 Å². The van der Waals surface area contributed by atoms with Gasteiger partial charge < -0.3 is 20.1 Å². The van der Waals surface area contributed by atoms with Gasteiger partial charge >= 0.3 is 0 Å². The van der Waals surface area contributed by atoms with Crippen LogP contribution >= 0.6 is 11.6 Å². The van der Waals surface area contributed by atoms with E-state index in [0.717, 1.165) is 6.07 Å². The van der Waals surface area contributed by atoms with Crippen molar-refractivity contribution >= 4 is 23.4 Å². The standard InChI is InChI=1S/C24H22ClF2N3O4/c25-15-11-14-3-5-18(15)33-9-1-2-10-34-19-6-4-16(26)21(27)20(19)23(32)29-17(12-14)22(31)30-24(13-28)7-8-24/h3-6,11,17H,1-2,7-10,12H2,(H,29,32)(H,30,31). The van der Waals surface area contributed by atoms with Crippen LogP contribution in [0, 0.1) is 23.0 Å². The fraction of sp³-hybridized carbons (Fsp3) is 0.375. The molecule has 1 aliphatic carbocycles. The molecule has 0 radical (unpaired) electrons. The van der Waals surface area contributed by atoms with E-state index in [2.05, 4.69) is 16.7 Å². The zero-order valence-corrected chi connectivity index (χ0v) is 18.9. The van der Waals surface area contributed by atoms with Gasteiger partial charge in [0.1, 0.15) is 28.6 Å². The van der Waals surface area contributed by atoms with Gasteiger partial charge in [-0.25, -0.2) is 8.78 Å². The number of nitrogens with zero attached hydrogens (tertiary/aromatic N) is 1. The molecule has 0 aromatic heterocycles. The number of fused-ring (bicyclic) bond motifs is 10. The molecule has 5 rings (SSSR count). The lowest BCUT2D eigenvalue weighted by Gasteiger charge is -2.22. The molecular weight excluding hydrogens is 468 g/mol. The monoisotopic (exact) mass is 489 g/mol. The molecule has 10 heteroatoms. The first-order chi connectivity index (χ1) is 16.3. The summed E-state index contributed by atoms with van der Waals surface area (Å²) < 4.78 is 39.9. The largest absolute Gasteiger partial charge is 0.493 e. The molecule has 1 saturated carbocycles. The third-order valence-electron chi connectivity index (χ3n) is 5.72. The van der Waals surface area contributed by atoms with Gasteiger partial charge in [-0.2, -0.15) is 5.26 Å². The number of ether oxygens (including phenoxy) is 2. The van der Waals surface area contributed by atoms with Gasteiger partial charge in [0, 0.05) is 6.42 Å². The summed E-state index contributed by atoms with van der Waals surface area (Å²) in [4.78, 5) is 26.1. The Balaban J connectivity index is 1.69. The minimum atomic E-state index is -1.37. The molecule has 34 heavy (non-hydrogen) atoms. The number of hydrogen-bond donors (Lipinski definition) is 2. The summed E-state index contributed by atoms with van der Waals surface area (Å²) in [5.41, 5.74) is -1.01. The fourth-order valence-electron chi connectivity index (χ4n) is 3.61. The maximum atomic E-state index is 14.7. The van der Waals surface area contributed by atoms with Gasteiger partial charge in [-0.1, -0.05) is 17.7 Å². The molecule has 1 unspecified atom stereocenters. The van der Waals surface area contributed by atoms with Crippen LogP contribution in [0.1, 0.15) is 41.6 Å². The number of nitriles is 1. The van der Waals surface area contributed by atoms with Crippen LogP contribution in [0.4, 0.5) is 8.78 Å². The molecule has 2 aliphatic heterocycles. The van der Waals surface area contributed by atoms with Crippen LogP contribution in [0.25, 0.3) is 0 Å². The Hall–Kier alpha value is -3.38. The minimum absolute atomic E-state index is 0.00773. The first kappa shape index (κ1) is 23.8. The second-order valence-corrected chi connectivity index (χ2v) is 8.72. The van der Waals surface area contributed by atoms with E-state index in [1.165, 1.54) is 6.07 Å². The summed E-state index contributed by atoms with van der Waals surface area (Å²) >= 11 is 6.32. The van der Waals surface area contributed by atoms with Crippen LogP contribution < -0.4 is 20.1 Å². The summed E-state index contributed by atoms with van der Waals surface area (Å²) in [5.74, 6) is -3.87. The molecule has 2 aromatic rings. The highest BCUT2D eigenvalue weighted by Crippen LogP contribution is 2.34. The Morgan fingerprint density at radius 3 is 2.47 bits per heavy atom. The molecule has 2 aromatic carbocycles. The van der Waals surface area contributed by atoms with Gasteiger partial charge in [-0.15, -0.1) is 0 Å². The van der Waals surface area contributed by atoms with Crippen LogP contribution in [0.2, 0.25) is 5.02 Å². The average Bonchev–Trinajstić information content (AvgIpc) is 3.58. The van der Waals surface area contributed by atoms with E-state index in [1.807, 2.05) is 0 Å². The topological polar surface area (TPSA) is 100 Å². The Labute approximate surface area is 200 Å². The number of rotatable bonds is 2. The Bertz CT molecular complexity index is 1160. The maximum absolute atomic E-state index is 14.7. The highest BCUT2D eigenvalue weighted by Gasteiger charge is 2.45. The molecule has 1 fully saturated rings. The highest BCUT2D eigenvalue weighted by molar-refractivity contribution is 6.32. The Morgan fingerprint density at radius 1 is 1.15 bits per heavy atom. The second kappa shape index (κ2) is 9.85. The smallest absolute Gasteiger partial charge is 0.258 e. The van der Waals surface area contributed by atoms with Crippen LogP contribution in [0.3, 0.4) is 0 Å². The molecule has 0 spiro atoms. The van der Waals surface area contributed by atoms with E-state index >= 15 is 0 Å². The lowest BCUT2D eigenvalue weighted by atomic mass is 10.0. The number of halogens is 3. The summed E-state index contributed by atoms with van der Waals surface area (Å²) in [6, 6.07) is 7.90. The molecule has 2 N–H and O–H groups in total. The van der Waals surface area contributed by atoms with Gasteiger partial charge in [-0.3, -0.25) is 9.59 Å². The number of nitrogens with one attached hydrogen (secondary N) is 2. The third-order valence-corrected chi connectivity index (χ3v) is 6.02. The third kappa shape index (κ3) is 5.23. The molecule has 3 aliphatic rings. The first-order valence-electron chi connectivity index (χ1n) is 10.9. The minimum Gasteiger partial charge on any atom is -0.493 e. The summed E-state index contributed by atoms with van der Waals surface area (Å²) in [5, 5.41) is 14.8. The van der Waals surface area contributed by atoms with Crippen molar-refractivity contribution in [3.8, 4) is 17.6 Å². The second-order valence-electron chi connectivity index (χ2n) is 8.32. The molecular formula is C24H22ClF2N3O4. The average molecular weight is 490 g/mol. The van der Waals surface area contributed by atoms with Gasteiger partial charge in [0.25, 0.3) is 5.91 Å². The Kier molecular flexibility index (Phi) is 6.89. The van der Waals surface area contributed by atoms with Crippen molar-refractivity contribution in [2.75, 3.05) is 13.2 Å². The van der Waals surface area contributed by atoms with Crippen molar-refractivity contribution in [2.24, 2.45) is 0 Å². The molecule has 7 nitrogen and oxygen atoms in total. The number of benzene rings is 2. The summed E-state index contributed by atoms with van der Waals surface area (Å²) in [6.45, 7) is 0.491. The summed E-state index contributed by atoms with van der Waals surface area (Å²) in [6.07, 6.45) is 2.10. The van der Waals surface area contributed by atoms with E-state index in [1.54, 1.807) is 18.2 Å².